The van der Waals surface area contributed by atoms with Gasteiger partial charge in [-0.05, 0) is 29.8 Å². The quantitative estimate of drug-likeness (QED) is 0.605. The Morgan fingerprint density at radius 1 is 1.08 bits per heavy atom. The van der Waals surface area contributed by atoms with E-state index in [0.29, 0.717) is 15.7 Å². The number of benzene rings is 2. The average Bonchev–Trinajstić information content (AvgIpc) is 2.99. The van der Waals surface area contributed by atoms with E-state index < -0.39 is 0 Å². The van der Waals surface area contributed by atoms with Gasteiger partial charge < -0.3 is 0 Å². The zero-order valence-corrected chi connectivity index (χ0v) is 16.6. The van der Waals surface area contributed by atoms with Gasteiger partial charge >= 0.3 is 0 Å². The van der Waals surface area contributed by atoms with E-state index in [0.717, 1.165) is 12.1 Å². The third-order valence-electron chi connectivity index (χ3n) is 3.94. The van der Waals surface area contributed by atoms with Crippen LogP contribution in [0.4, 0.5) is 5.13 Å². The summed E-state index contributed by atoms with van der Waals surface area (Å²) in [4.78, 5) is 18.4. The highest BCUT2D eigenvalue weighted by Gasteiger charge is 2.24. The van der Waals surface area contributed by atoms with Crippen LogP contribution in [0.2, 0.25) is 5.02 Å². The fraction of sp³-hybridized carbons (Fsp3) is 0.238. The van der Waals surface area contributed by atoms with Crippen molar-refractivity contribution in [3.63, 3.8) is 0 Å². The normalized spacial score (nSPS) is 11.4. The first-order valence-corrected chi connectivity index (χ1v) is 9.63. The van der Waals surface area contributed by atoms with Gasteiger partial charge in [-0.15, -0.1) is 11.3 Å². The highest BCUT2D eigenvalue weighted by atomic mass is 35.5. The molecule has 0 radical (unpaired) electrons. The lowest BCUT2D eigenvalue weighted by atomic mass is 9.90. The Morgan fingerprint density at radius 2 is 1.73 bits per heavy atom. The molecule has 0 saturated heterocycles. The van der Waals surface area contributed by atoms with E-state index in [1.54, 1.807) is 24.3 Å². The van der Waals surface area contributed by atoms with Gasteiger partial charge in [-0.25, -0.2) is 4.98 Å². The maximum absolute atomic E-state index is 12.5. The van der Waals surface area contributed by atoms with Crippen LogP contribution >= 0.6 is 22.9 Å². The number of nitrogens with one attached hydrogen (secondary N) is 1. The van der Waals surface area contributed by atoms with E-state index in [9.17, 15) is 4.79 Å². The van der Waals surface area contributed by atoms with Crippen LogP contribution in [0.25, 0.3) is 0 Å². The van der Waals surface area contributed by atoms with Crippen LogP contribution in [0.1, 0.15) is 47.3 Å². The molecule has 0 aliphatic heterocycles. The molecule has 0 bridgehead atoms. The second-order valence-corrected chi connectivity index (χ2v) is 8.68. The van der Waals surface area contributed by atoms with E-state index in [1.807, 2.05) is 18.2 Å². The number of halogens is 1. The van der Waals surface area contributed by atoms with Crippen LogP contribution < -0.4 is 5.32 Å². The first-order valence-electron chi connectivity index (χ1n) is 8.44. The standard InChI is InChI=1S/C21H21ClN2OS/c1-21(2,3)18-17(13-14-7-5-4-6-8-14)26-20(23-18)24-19(25)15-9-11-16(22)12-10-15/h4-12H,13H2,1-3H3,(H,23,24,25). The Kier molecular flexibility index (Phi) is 5.44. The molecule has 1 amide bonds. The minimum atomic E-state index is -0.179. The van der Waals surface area contributed by atoms with Gasteiger partial charge in [0.25, 0.3) is 5.91 Å². The number of thiazole rings is 1. The molecule has 2 aromatic carbocycles. The van der Waals surface area contributed by atoms with Crippen LogP contribution in [-0.4, -0.2) is 10.9 Å². The number of aromatic nitrogens is 1. The Labute approximate surface area is 163 Å². The average molecular weight is 385 g/mol. The number of rotatable bonds is 4. The van der Waals surface area contributed by atoms with Crippen molar-refractivity contribution in [2.45, 2.75) is 32.6 Å². The maximum Gasteiger partial charge on any atom is 0.257 e. The second-order valence-electron chi connectivity index (χ2n) is 7.16. The van der Waals surface area contributed by atoms with E-state index >= 15 is 0 Å². The van der Waals surface area contributed by atoms with Gasteiger partial charge in [0.05, 0.1) is 5.69 Å². The zero-order valence-electron chi connectivity index (χ0n) is 15.0. The first-order chi connectivity index (χ1) is 12.3. The molecule has 3 nitrogen and oxygen atoms in total. The summed E-state index contributed by atoms with van der Waals surface area (Å²) in [5.41, 5.74) is 2.73. The zero-order chi connectivity index (χ0) is 18.7. The Bertz CT molecular complexity index is 896. The molecule has 26 heavy (non-hydrogen) atoms. The van der Waals surface area contributed by atoms with Crippen molar-refractivity contribution in [3.8, 4) is 0 Å². The molecule has 0 aliphatic rings. The molecular weight excluding hydrogens is 364 g/mol. The molecule has 1 heterocycles. The van der Waals surface area contributed by atoms with E-state index in [-0.39, 0.29) is 11.3 Å². The lowest BCUT2D eigenvalue weighted by Crippen LogP contribution is -2.15. The number of hydrogen-bond acceptors (Lipinski definition) is 3. The van der Waals surface area contributed by atoms with Gasteiger partial charge in [0.1, 0.15) is 0 Å². The molecule has 0 fully saturated rings. The summed E-state index contributed by atoms with van der Waals surface area (Å²) in [5, 5.41) is 4.15. The Balaban J connectivity index is 1.86. The smallest absolute Gasteiger partial charge is 0.257 e. The number of anilines is 1. The minimum absolute atomic E-state index is 0.0934. The topological polar surface area (TPSA) is 42.0 Å². The second kappa shape index (κ2) is 7.60. The van der Waals surface area contributed by atoms with Gasteiger partial charge in [-0.1, -0.05) is 62.7 Å². The summed E-state index contributed by atoms with van der Waals surface area (Å²) in [6, 6.07) is 17.1. The van der Waals surface area contributed by atoms with Gasteiger partial charge in [-0.2, -0.15) is 0 Å². The lowest BCUT2D eigenvalue weighted by Gasteiger charge is -2.17. The maximum atomic E-state index is 12.5. The largest absolute Gasteiger partial charge is 0.298 e. The van der Waals surface area contributed by atoms with Crippen molar-refractivity contribution >= 4 is 34.0 Å². The lowest BCUT2D eigenvalue weighted by molar-refractivity contribution is 0.102. The molecule has 0 aliphatic carbocycles. The first kappa shape index (κ1) is 18.6. The number of carbonyl (C=O) groups excluding carboxylic acids is 1. The predicted molar refractivity (Wildman–Crippen MR) is 109 cm³/mol. The van der Waals surface area contributed by atoms with Gasteiger partial charge in [0, 0.05) is 27.3 Å². The van der Waals surface area contributed by atoms with E-state index in [1.165, 1.54) is 21.8 Å². The fourth-order valence-electron chi connectivity index (χ4n) is 2.66. The molecule has 0 unspecified atom stereocenters. The highest BCUT2D eigenvalue weighted by molar-refractivity contribution is 7.16. The van der Waals surface area contributed by atoms with Crippen LogP contribution in [-0.2, 0) is 11.8 Å². The molecular formula is C21H21ClN2OS. The van der Waals surface area contributed by atoms with E-state index in [4.69, 9.17) is 16.6 Å². The van der Waals surface area contributed by atoms with Gasteiger partial charge in [-0.3, -0.25) is 10.1 Å². The minimum Gasteiger partial charge on any atom is -0.298 e. The third-order valence-corrected chi connectivity index (χ3v) is 5.16. The third kappa shape index (κ3) is 4.51. The SMILES string of the molecule is CC(C)(C)c1nc(NC(=O)c2ccc(Cl)cc2)sc1Cc1ccccc1. The van der Waals surface area contributed by atoms with E-state index in [2.05, 4.69) is 38.2 Å². The number of amides is 1. The van der Waals surface area contributed by atoms with Gasteiger partial charge in [0.2, 0.25) is 0 Å². The van der Waals surface area contributed by atoms with Crippen molar-refractivity contribution in [3.05, 3.63) is 81.3 Å². The number of hydrogen-bond donors (Lipinski definition) is 1. The van der Waals surface area contributed by atoms with Crippen molar-refractivity contribution in [1.29, 1.82) is 0 Å². The molecule has 3 rings (SSSR count). The summed E-state index contributed by atoms with van der Waals surface area (Å²) in [6.45, 7) is 6.42. The number of carbonyl (C=O) groups is 1. The summed E-state index contributed by atoms with van der Waals surface area (Å²) in [6.07, 6.45) is 0.807. The molecule has 1 N–H and O–H groups in total. The summed E-state index contributed by atoms with van der Waals surface area (Å²) in [7, 11) is 0. The molecule has 3 aromatic rings. The Morgan fingerprint density at radius 3 is 2.35 bits per heavy atom. The van der Waals surface area contributed by atoms with Crippen molar-refractivity contribution in [1.82, 2.24) is 4.98 Å². The monoisotopic (exact) mass is 384 g/mol. The van der Waals surface area contributed by atoms with Crippen LogP contribution in [0.3, 0.4) is 0 Å². The van der Waals surface area contributed by atoms with Crippen molar-refractivity contribution in [2.75, 3.05) is 5.32 Å². The fourth-order valence-corrected chi connectivity index (χ4v) is 3.99. The molecule has 0 spiro atoms. The predicted octanol–water partition coefficient (Wildman–Crippen LogP) is 5.94. The molecule has 5 heteroatoms. The molecule has 134 valence electrons. The molecule has 1 aromatic heterocycles. The summed E-state index contributed by atoms with van der Waals surface area (Å²) < 4.78 is 0. The van der Waals surface area contributed by atoms with Crippen LogP contribution in [0, 0.1) is 0 Å². The number of nitrogens with zero attached hydrogens (tertiary/aromatic N) is 1. The van der Waals surface area contributed by atoms with Crippen LogP contribution in [0.15, 0.2) is 54.6 Å². The summed E-state index contributed by atoms with van der Waals surface area (Å²) >= 11 is 7.42. The molecule has 0 atom stereocenters. The highest BCUT2D eigenvalue weighted by Crippen LogP contribution is 2.34. The van der Waals surface area contributed by atoms with Crippen LogP contribution in [0.5, 0.6) is 0 Å². The molecule has 0 saturated carbocycles. The summed E-state index contributed by atoms with van der Waals surface area (Å²) in [5.74, 6) is -0.179. The Hall–Kier alpha value is -2.17. The van der Waals surface area contributed by atoms with Crippen molar-refractivity contribution in [2.24, 2.45) is 0 Å². The van der Waals surface area contributed by atoms with Crippen molar-refractivity contribution < 1.29 is 4.79 Å². The van der Waals surface area contributed by atoms with Gasteiger partial charge in [0.15, 0.2) is 5.13 Å².